The highest BCUT2D eigenvalue weighted by Crippen LogP contribution is 2.28. The van der Waals surface area contributed by atoms with E-state index in [1.54, 1.807) is 6.07 Å². The van der Waals surface area contributed by atoms with Gasteiger partial charge in [-0.15, -0.1) is 0 Å². The molecule has 0 saturated carbocycles. The van der Waals surface area contributed by atoms with Crippen LogP contribution >= 0.6 is 23.2 Å². The molecular weight excluding hydrogens is 305 g/mol. The highest BCUT2D eigenvalue weighted by molar-refractivity contribution is 6.36. The number of nitro benzene ring substituents is 1. The summed E-state index contributed by atoms with van der Waals surface area (Å²) in [6.45, 7) is 0. The van der Waals surface area contributed by atoms with Crippen LogP contribution in [0.3, 0.4) is 0 Å². The van der Waals surface area contributed by atoms with Crippen molar-refractivity contribution in [1.29, 1.82) is 0 Å². The van der Waals surface area contributed by atoms with Crippen LogP contribution in [-0.2, 0) is 0 Å². The molecule has 8 heteroatoms. The van der Waals surface area contributed by atoms with E-state index in [0.717, 1.165) is 0 Å². The molecule has 1 N–H and O–H groups in total. The van der Waals surface area contributed by atoms with Gasteiger partial charge in [-0.25, -0.2) is 4.98 Å². The van der Waals surface area contributed by atoms with Gasteiger partial charge in [0, 0.05) is 6.07 Å². The summed E-state index contributed by atoms with van der Waals surface area (Å²) < 4.78 is 0. The number of halogens is 2. The van der Waals surface area contributed by atoms with Crippen LogP contribution in [0.1, 0.15) is 10.4 Å². The molecule has 0 aliphatic rings. The number of anilines is 1. The van der Waals surface area contributed by atoms with Crippen molar-refractivity contribution in [1.82, 2.24) is 4.98 Å². The molecule has 0 spiro atoms. The molecule has 1 amide bonds. The Labute approximate surface area is 123 Å². The highest BCUT2D eigenvalue weighted by atomic mass is 35.5. The number of hydrogen-bond acceptors (Lipinski definition) is 4. The quantitative estimate of drug-likeness (QED) is 0.533. The van der Waals surface area contributed by atoms with Crippen LogP contribution in [-0.4, -0.2) is 15.8 Å². The number of pyridine rings is 1. The number of nitrogens with zero attached hydrogens (tertiary/aromatic N) is 2. The molecule has 20 heavy (non-hydrogen) atoms. The topological polar surface area (TPSA) is 85.1 Å². The van der Waals surface area contributed by atoms with Crippen molar-refractivity contribution in [3.63, 3.8) is 0 Å². The number of carbonyl (C=O) groups is 1. The van der Waals surface area contributed by atoms with E-state index in [1.807, 2.05) is 0 Å². The van der Waals surface area contributed by atoms with Gasteiger partial charge in [0.1, 0.15) is 10.2 Å². The number of rotatable bonds is 3. The molecule has 1 aromatic heterocycles. The molecule has 0 atom stereocenters. The molecule has 0 fully saturated rings. The van der Waals surface area contributed by atoms with E-state index in [0.29, 0.717) is 5.69 Å². The molecule has 1 aromatic carbocycles. The Balaban J connectivity index is 2.28. The third-order valence-electron chi connectivity index (χ3n) is 2.40. The summed E-state index contributed by atoms with van der Waals surface area (Å²) in [4.78, 5) is 25.9. The summed E-state index contributed by atoms with van der Waals surface area (Å²) in [5.41, 5.74) is 0.0892. The molecule has 0 aliphatic heterocycles. The number of carbonyl (C=O) groups excluding carboxylic acids is 1. The van der Waals surface area contributed by atoms with Gasteiger partial charge in [-0.2, -0.15) is 0 Å². The maximum atomic E-state index is 12.0. The van der Waals surface area contributed by atoms with E-state index >= 15 is 0 Å². The Bertz CT molecular complexity index is 674. The molecular formula is C12H7Cl2N3O3. The van der Waals surface area contributed by atoms with Crippen molar-refractivity contribution in [2.45, 2.75) is 0 Å². The number of aromatic nitrogens is 1. The fraction of sp³-hybridized carbons (Fsp3) is 0. The summed E-state index contributed by atoms with van der Waals surface area (Å²) in [6.07, 6.45) is 1.37. The van der Waals surface area contributed by atoms with E-state index in [4.69, 9.17) is 23.2 Å². The van der Waals surface area contributed by atoms with E-state index in [9.17, 15) is 14.9 Å². The van der Waals surface area contributed by atoms with Gasteiger partial charge in [0.05, 0.1) is 22.4 Å². The first-order chi connectivity index (χ1) is 9.49. The van der Waals surface area contributed by atoms with Gasteiger partial charge in [0.15, 0.2) is 0 Å². The minimum Gasteiger partial charge on any atom is -0.321 e. The predicted octanol–water partition coefficient (Wildman–Crippen LogP) is 3.55. The van der Waals surface area contributed by atoms with Gasteiger partial charge in [-0.1, -0.05) is 29.3 Å². The first-order valence-electron chi connectivity index (χ1n) is 5.35. The minimum atomic E-state index is -0.650. The number of nitro groups is 1. The van der Waals surface area contributed by atoms with Crippen LogP contribution in [0.25, 0.3) is 0 Å². The van der Waals surface area contributed by atoms with Gasteiger partial charge in [-0.3, -0.25) is 14.9 Å². The van der Waals surface area contributed by atoms with E-state index in [1.165, 1.54) is 30.5 Å². The summed E-state index contributed by atoms with van der Waals surface area (Å²) in [5.74, 6) is -0.567. The Morgan fingerprint density at radius 1 is 1.25 bits per heavy atom. The predicted molar refractivity (Wildman–Crippen MR) is 75.3 cm³/mol. The second-order valence-corrected chi connectivity index (χ2v) is 4.48. The Kier molecular flexibility index (Phi) is 4.16. The third kappa shape index (κ3) is 3.04. The molecule has 102 valence electrons. The summed E-state index contributed by atoms with van der Waals surface area (Å²) in [7, 11) is 0. The lowest BCUT2D eigenvalue weighted by Crippen LogP contribution is -2.13. The van der Waals surface area contributed by atoms with Crippen molar-refractivity contribution in [3.05, 3.63) is 62.4 Å². The smallest absolute Gasteiger partial charge is 0.288 e. The fourth-order valence-electron chi connectivity index (χ4n) is 1.48. The van der Waals surface area contributed by atoms with E-state index < -0.39 is 10.8 Å². The first-order valence-corrected chi connectivity index (χ1v) is 6.10. The molecule has 1 heterocycles. The molecule has 2 aromatic rings. The number of nitrogens with one attached hydrogen (secondary N) is 1. The van der Waals surface area contributed by atoms with Crippen LogP contribution in [0.4, 0.5) is 11.4 Å². The minimum absolute atomic E-state index is 0.0100. The Morgan fingerprint density at radius 2 is 2.00 bits per heavy atom. The van der Waals surface area contributed by atoms with Crippen LogP contribution in [0, 0.1) is 10.1 Å². The summed E-state index contributed by atoms with van der Waals surface area (Å²) in [6, 6.07) is 7.07. The molecule has 6 nitrogen and oxygen atoms in total. The van der Waals surface area contributed by atoms with Crippen LogP contribution in [0.15, 0.2) is 36.5 Å². The summed E-state index contributed by atoms with van der Waals surface area (Å²) >= 11 is 11.5. The highest BCUT2D eigenvalue weighted by Gasteiger charge is 2.19. The largest absolute Gasteiger partial charge is 0.321 e. The van der Waals surface area contributed by atoms with Gasteiger partial charge in [-0.05, 0) is 18.2 Å². The zero-order chi connectivity index (χ0) is 14.7. The fourth-order valence-corrected chi connectivity index (χ4v) is 1.88. The molecule has 0 aliphatic carbocycles. The SMILES string of the molecule is O=C(Nc1ccc(Cl)nc1)c1cccc([N+](=O)[O-])c1Cl. The van der Waals surface area contributed by atoms with Crippen molar-refractivity contribution in [3.8, 4) is 0 Å². The average molecular weight is 312 g/mol. The van der Waals surface area contributed by atoms with Crippen molar-refractivity contribution in [2.75, 3.05) is 5.32 Å². The van der Waals surface area contributed by atoms with Crippen LogP contribution < -0.4 is 5.32 Å². The number of hydrogen-bond donors (Lipinski definition) is 1. The second kappa shape index (κ2) is 5.85. The van der Waals surface area contributed by atoms with Gasteiger partial charge >= 0.3 is 0 Å². The maximum absolute atomic E-state index is 12.0. The van der Waals surface area contributed by atoms with Gasteiger partial charge in [0.25, 0.3) is 11.6 Å². The first kappa shape index (κ1) is 14.2. The standard InChI is InChI=1S/C12H7Cl2N3O3/c13-10-5-4-7(6-15-10)16-12(18)8-2-1-3-9(11(8)14)17(19)20/h1-6H,(H,16,18). The molecule has 0 unspecified atom stereocenters. The molecule has 0 radical (unpaired) electrons. The number of amides is 1. The zero-order valence-corrected chi connectivity index (χ0v) is 11.4. The lowest BCUT2D eigenvalue weighted by Gasteiger charge is -2.06. The third-order valence-corrected chi connectivity index (χ3v) is 3.03. The Morgan fingerprint density at radius 3 is 2.60 bits per heavy atom. The maximum Gasteiger partial charge on any atom is 0.288 e. The lowest BCUT2D eigenvalue weighted by molar-refractivity contribution is -0.384. The van der Waals surface area contributed by atoms with Crippen LogP contribution in [0.2, 0.25) is 10.2 Å². The Hall–Kier alpha value is -2.18. The zero-order valence-electron chi connectivity index (χ0n) is 9.84. The molecule has 0 saturated heterocycles. The molecule has 2 rings (SSSR count). The number of benzene rings is 1. The molecule has 0 bridgehead atoms. The monoisotopic (exact) mass is 311 g/mol. The van der Waals surface area contributed by atoms with Crippen molar-refractivity contribution < 1.29 is 9.72 Å². The lowest BCUT2D eigenvalue weighted by atomic mass is 10.2. The van der Waals surface area contributed by atoms with E-state index in [2.05, 4.69) is 10.3 Å². The van der Waals surface area contributed by atoms with Crippen molar-refractivity contribution in [2.24, 2.45) is 0 Å². The van der Waals surface area contributed by atoms with E-state index in [-0.39, 0.29) is 21.4 Å². The van der Waals surface area contributed by atoms with Gasteiger partial charge in [0.2, 0.25) is 0 Å². The normalized spacial score (nSPS) is 10.1. The summed E-state index contributed by atoms with van der Waals surface area (Å²) in [5, 5.41) is 13.4. The van der Waals surface area contributed by atoms with Crippen molar-refractivity contribution >= 4 is 40.5 Å². The average Bonchev–Trinajstić information content (AvgIpc) is 2.41. The van der Waals surface area contributed by atoms with Crippen LogP contribution in [0.5, 0.6) is 0 Å². The van der Waals surface area contributed by atoms with Gasteiger partial charge < -0.3 is 5.32 Å². The second-order valence-electron chi connectivity index (χ2n) is 3.72.